The summed E-state index contributed by atoms with van der Waals surface area (Å²) in [4.78, 5) is 23.7. The Labute approximate surface area is 131 Å². The van der Waals surface area contributed by atoms with E-state index in [1.807, 2.05) is 0 Å². The van der Waals surface area contributed by atoms with Crippen LogP contribution in [-0.4, -0.2) is 31.6 Å². The summed E-state index contributed by atoms with van der Waals surface area (Å²) in [7, 11) is 1.53. The minimum Gasteiger partial charge on any atom is -0.493 e. The van der Waals surface area contributed by atoms with Crippen LogP contribution in [0.25, 0.3) is 0 Å². The van der Waals surface area contributed by atoms with Gasteiger partial charge < -0.3 is 14.2 Å². The standard InChI is InChI=1S/C15H17BrO5/c1-3-20-15(18)14(17)10-7-13(21-9-5-4-6-9)12(19-2)8-11(10)16/h7-9H,3-6H2,1-2H3. The number of ketones is 1. The molecular weight excluding hydrogens is 340 g/mol. The van der Waals surface area contributed by atoms with E-state index < -0.39 is 11.8 Å². The van der Waals surface area contributed by atoms with Crippen molar-refractivity contribution in [3.05, 3.63) is 22.2 Å². The van der Waals surface area contributed by atoms with Crippen LogP contribution in [0.5, 0.6) is 11.5 Å². The summed E-state index contributed by atoms with van der Waals surface area (Å²) in [5.41, 5.74) is 0.212. The van der Waals surface area contributed by atoms with E-state index in [2.05, 4.69) is 15.9 Å². The zero-order chi connectivity index (χ0) is 15.4. The Morgan fingerprint density at radius 1 is 1.29 bits per heavy atom. The highest BCUT2D eigenvalue weighted by atomic mass is 79.9. The van der Waals surface area contributed by atoms with Gasteiger partial charge in [0, 0.05) is 10.0 Å². The first-order chi connectivity index (χ1) is 10.1. The predicted molar refractivity (Wildman–Crippen MR) is 79.9 cm³/mol. The molecule has 1 aromatic rings. The molecule has 6 heteroatoms. The second kappa shape index (κ2) is 6.93. The van der Waals surface area contributed by atoms with Crippen LogP contribution in [0.2, 0.25) is 0 Å². The molecule has 0 radical (unpaired) electrons. The Kier molecular flexibility index (Phi) is 5.22. The summed E-state index contributed by atoms with van der Waals surface area (Å²) < 4.78 is 16.3. The maximum absolute atomic E-state index is 12.1. The normalized spacial score (nSPS) is 14.2. The van der Waals surface area contributed by atoms with Gasteiger partial charge in [-0.25, -0.2) is 4.79 Å². The van der Waals surface area contributed by atoms with Crippen LogP contribution >= 0.6 is 15.9 Å². The van der Waals surface area contributed by atoms with Crippen molar-refractivity contribution in [2.24, 2.45) is 0 Å². The van der Waals surface area contributed by atoms with Crippen molar-refractivity contribution in [2.75, 3.05) is 13.7 Å². The maximum Gasteiger partial charge on any atom is 0.379 e. The first-order valence-corrected chi connectivity index (χ1v) is 7.61. The Balaban J connectivity index is 2.29. The van der Waals surface area contributed by atoms with E-state index >= 15 is 0 Å². The highest BCUT2D eigenvalue weighted by molar-refractivity contribution is 9.10. The van der Waals surface area contributed by atoms with E-state index in [1.54, 1.807) is 13.0 Å². The molecule has 0 saturated heterocycles. The molecule has 0 aromatic heterocycles. The summed E-state index contributed by atoms with van der Waals surface area (Å²) in [6.07, 6.45) is 3.25. The van der Waals surface area contributed by atoms with Crippen molar-refractivity contribution in [3.63, 3.8) is 0 Å². The molecule has 2 rings (SSSR count). The Hall–Kier alpha value is -1.56. The van der Waals surface area contributed by atoms with Crippen LogP contribution in [0.4, 0.5) is 0 Å². The fourth-order valence-electron chi connectivity index (χ4n) is 1.94. The van der Waals surface area contributed by atoms with E-state index in [0.29, 0.717) is 16.0 Å². The highest BCUT2D eigenvalue weighted by Gasteiger charge is 2.25. The Morgan fingerprint density at radius 3 is 2.52 bits per heavy atom. The van der Waals surface area contributed by atoms with Gasteiger partial charge in [0.25, 0.3) is 5.78 Å². The molecular formula is C15H17BrO5. The number of carbonyl (C=O) groups is 2. The molecule has 0 spiro atoms. The quantitative estimate of drug-likeness (QED) is 0.445. The lowest BCUT2D eigenvalue weighted by molar-refractivity contribution is -0.137. The molecule has 0 N–H and O–H groups in total. The van der Waals surface area contributed by atoms with Gasteiger partial charge in [-0.3, -0.25) is 4.79 Å². The summed E-state index contributed by atoms with van der Waals surface area (Å²) in [6.45, 7) is 1.81. The first kappa shape index (κ1) is 15.8. The van der Waals surface area contributed by atoms with Crippen LogP contribution in [-0.2, 0) is 9.53 Å². The lowest BCUT2D eigenvalue weighted by atomic mass is 9.96. The van der Waals surface area contributed by atoms with E-state index in [0.717, 1.165) is 19.3 Å². The first-order valence-electron chi connectivity index (χ1n) is 6.82. The summed E-state index contributed by atoms with van der Waals surface area (Å²) in [5, 5.41) is 0. The molecule has 1 aliphatic rings. The van der Waals surface area contributed by atoms with Crippen molar-refractivity contribution in [1.82, 2.24) is 0 Å². The third-order valence-corrected chi connectivity index (χ3v) is 3.96. The SMILES string of the molecule is CCOC(=O)C(=O)c1cc(OC2CCC2)c(OC)cc1Br. The molecule has 1 aromatic carbocycles. The predicted octanol–water partition coefficient (Wildman–Crippen LogP) is 3.13. The molecule has 5 nitrogen and oxygen atoms in total. The van der Waals surface area contributed by atoms with Crippen LogP contribution < -0.4 is 9.47 Å². The molecule has 114 valence electrons. The van der Waals surface area contributed by atoms with Gasteiger partial charge >= 0.3 is 5.97 Å². The molecule has 1 saturated carbocycles. The third-order valence-electron chi connectivity index (χ3n) is 3.30. The minimum atomic E-state index is -0.877. The number of ether oxygens (including phenoxy) is 3. The van der Waals surface area contributed by atoms with Gasteiger partial charge in [-0.1, -0.05) is 0 Å². The third kappa shape index (κ3) is 3.56. The summed E-state index contributed by atoms with van der Waals surface area (Å²) in [5.74, 6) is -0.588. The van der Waals surface area contributed by atoms with Gasteiger partial charge in [-0.2, -0.15) is 0 Å². The average Bonchev–Trinajstić information content (AvgIpc) is 2.43. The van der Waals surface area contributed by atoms with E-state index in [-0.39, 0.29) is 18.3 Å². The number of esters is 1. The lowest BCUT2D eigenvalue weighted by Crippen LogP contribution is -2.25. The fraction of sp³-hybridized carbons (Fsp3) is 0.467. The minimum absolute atomic E-state index is 0.144. The number of carbonyl (C=O) groups excluding carboxylic acids is 2. The van der Waals surface area contributed by atoms with E-state index in [9.17, 15) is 9.59 Å². The van der Waals surface area contributed by atoms with Crippen LogP contribution in [0.1, 0.15) is 36.5 Å². The number of rotatable bonds is 6. The van der Waals surface area contributed by atoms with Crippen molar-refractivity contribution in [3.8, 4) is 11.5 Å². The second-order valence-corrected chi connectivity index (χ2v) is 5.56. The molecule has 1 fully saturated rings. The number of hydrogen-bond donors (Lipinski definition) is 0. The van der Waals surface area contributed by atoms with E-state index in [4.69, 9.17) is 14.2 Å². The zero-order valence-corrected chi connectivity index (χ0v) is 13.6. The number of methoxy groups -OCH3 is 1. The largest absolute Gasteiger partial charge is 0.493 e. The van der Waals surface area contributed by atoms with Gasteiger partial charge in [-0.15, -0.1) is 0 Å². The molecule has 0 amide bonds. The molecule has 0 heterocycles. The number of halogens is 1. The van der Waals surface area contributed by atoms with Gasteiger partial charge in [0.2, 0.25) is 0 Å². The zero-order valence-electron chi connectivity index (χ0n) is 12.0. The van der Waals surface area contributed by atoms with Crippen molar-refractivity contribution < 1.29 is 23.8 Å². The summed E-state index contributed by atoms with van der Waals surface area (Å²) >= 11 is 3.28. The van der Waals surface area contributed by atoms with Gasteiger partial charge in [0.1, 0.15) is 0 Å². The molecule has 0 atom stereocenters. The Morgan fingerprint density at radius 2 is 2.00 bits per heavy atom. The average molecular weight is 357 g/mol. The lowest BCUT2D eigenvalue weighted by Gasteiger charge is -2.27. The van der Waals surface area contributed by atoms with Crippen molar-refractivity contribution in [1.29, 1.82) is 0 Å². The molecule has 0 unspecified atom stereocenters. The number of benzene rings is 1. The number of Topliss-reactive ketones (excluding diaryl/α,β-unsaturated/α-hetero) is 1. The maximum atomic E-state index is 12.1. The van der Waals surface area contributed by atoms with Crippen LogP contribution in [0.15, 0.2) is 16.6 Å². The topological polar surface area (TPSA) is 61.8 Å². The van der Waals surface area contributed by atoms with Crippen molar-refractivity contribution >= 4 is 27.7 Å². The van der Waals surface area contributed by atoms with Gasteiger partial charge in [0.15, 0.2) is 11.5 Å². The molecule has 1 aliphatic carbocycles. The van der Waals surface area contributed by atoms with Crippen LogP contribution in [0, 0.1) is 0 Å². The number of hydrogen-bond acceptors (Lipinski definition) is 5. The monoisotopic (exact) mass is 356 g/mol. The fourth-order valence-corrected chi connectivity index (χ4v) is 2.44. The van der Waals surface area contributed by atoms with Crippen molar-refractivity contribution in [2.45, 2.75) is 32.3 Å². The van der Waals surface area contributed by atoms with Gasteiger partial charge in [0.05, 0.1) is 19.8 Å². The molecule has 0 bridgehead atoms. The Bertz CT molecular complexity index is 551. The molecule has 0 aliphatic heterocycles. The summed E-state index contributed by atoms with van der Waals surface area (Å²) in [6, 6.07) is 3.15. The van der Waals surface area contributed by atoms with E-state index in [1.165, 1.54) is 13.2 Å². The molecule has 21 heavy (non-hydrogen) atoms. The smallest absolute Gasteiger partial charge is 0.379 e. The van der Waals surface area contributed by atoms with Gasteiger partial charge in [-0.05, 0) is 54.2 Å². The van der Waals surface area contributed by atoms with Crippen LogP contribution in [0.3, 0.4) is 0 Å². The second-order valence-electron chi connectivity index (χ2n) is 4.70. The highest BCUT2D eigenvalue weighted by Crippen LogP contribution is 2.36.